The molecule has 2 N–H and O–H groups in total. The fourth-order valence-electron chi connectivity index (χ4n) is 2.10. The molecule has 0 amide bonds. The van der Waals surface area contributed by atoms with Crippen LogP contribution in [0.15, 0.2) is 0 Å². The normalized spacial score (nSPS) is 19.9. The van der Waals surface area contributed by atoms with Crippen molar-refractivity contribution < 1.29 is 4.79 Å². The van der Waals surface area contributed by atoms with E-state index in [1.54, 1.807) is 6.92 Å². The minimum Gasteiger partial charge on any atom is -0.322 e. The molecule has 0 bridgehead atoms. The average Bonchev–Trinajstić information content (AvgIpc) is 2.15. The van der Waals surface area contributed by atoms with Crippen LogP contribution >= 0.6 is 0 Å². The second-order valence-corrected chi connectivity index (χ2v) is 4.63. The van der Waals surface area contributed by atoms with Crippen LogP contribution in [0, 0.1) is 11.3 Å². The van der Waals surface area contributed by atoms with Crippen LogP contribution in [0.5, 0.6) is 0 Å². The Bertz CT molecular complexity index is 189. The van der Waals surface area contributed by atoms with Gasteiger partial charge in [-0.15, -0.1) is 0 Å². The van der Waals surface area contributed by atoms with Gasteiger partial charge >= 0.3 is 0 Å². The van der Waals surface area contributed by atoms with Crippen LogP contribution in [0.1, 0.15) is 53.9 Å². The van der Waals surface area contributed by atoms with Gasteiger partial charge in [0.25, 0.3) is 0 Å². The Morgan fingerprint density at radius 1 is 1.36 bits per heavy atom. The molecule has 0 aromatic heterocycles. The highest BCUT2D eigenvalue weighted by atomic mass is 16.1. The van der Waals surface area contributed by atoms with Crippen LogP contribution in [-0.4, -0.2) is 11.8 Å². The van der Waals surface area contributed by atoms with Crippen LogP contribution < -0.4 is 5.73 Å². The summed E-state index contributed by atoms with van der Waals surface area (Å²) in [6.45, 7) is 10.3. The van der Waals surface area contributed by atoms with Gasteiger partial charge in [-0.25, -0.2) is 0 Å². The third-order valence-corrected chi connectivity index (χ3v) is 3.45. The summed E-state index contributed by atoms with van der Waals surface area (Å²) in [5.41, 5.74) is 5.47. The quantitative estimate of drug-likeness (QED) is 0.714. The van der Waals surface area contributed by atoms with Gasteiger partial charge in [0.2, 0.25) is 0 Å². The standard InChI is InChI=1S/C12H25NO/c1-6-8-12(5,9(3)7-2)11(14)10(4)13/h9-10H,6-8,13H2,1-5H3. The maximum Gasteiger partial charge on any atom is 0.155 e. The van der Waals surface area contributed by atoms with Crippen LogP contribution in [0.3, 0.4) is 0 Å². The molecule has 0 aliphatic carbocycles. The Kier molecular flexibility index (Phi) is 5.35. The lowest BCUT2D eigenvalue weighted by Gasteiger charge is -2.35. The first-order valence-corrected chi connectivity index (χ1v) is 5.70. The molecule has 0 spiro atoms. The van der Waals surface area contributed by atoms with Crippen LogP contribution in [0.4, 0.5) is 0 Å². The van der Waals surface area contributed by atoms with Crippen molar-refractivity contribution >= 4 is 5.78 Å². The Hall–Kier alpha value is -0.370. The van der Waals surface area contributed by atoms with Gasteiger partial charge < -0.3 is 5.73 Å². The molecule has 0 aromatic carbocycles. The molecule has 0 aliphatic rings. The number of nitrogens with two attached hydrogens (primary N) is 1. The molecule has 0 radical (unpaired) electrons. The third kappa shape index (κ3) is 2.81. The zero-order valence-corrected chi connectivity index (χ0v) is 10.3. The fourth-order valence-corrected chi connectivity index (χ4v) is 2.10. The highest BCUT2D eigenvalue weighted by Gasteiger charge is 2.37. The molecular weight excluding hydrogens is 174 g/mol. The molecule has 3 unspecified atom stereocenters. The average molecular weight is 199 g/mol. The van der Waals surface area contributed by atoms with E-state index in [0.717, 1.165) is 19.3 Å². The molecule has 14 heavy (non-hydrogen) atoms. The Labute approximate surface area is 88.3 Å². The SMILES string of the molecule is CCCC(C)(C(=O)C(C)N)C(C)CC. The van der Waals surface area contributed by atoms with E-state index in [9.17, 15) is 4.79 Å². The van der Waals surface area contributed by atoms with Gasteiger partial charge in [0.1, 0.15) is 0 Å². The smallest absolute Gasteiger partial charge is 0.155 e. The van der Waals surface area contributed by atoms with Crippen molar-refractivity contribution in [1.82, 2.24) is 0 Å². The topological polar surface area (TPSA) is 43.1 Å². The van der Waals surface area contributed by atoms with E-state index < -0.39 is 0 Å². The molecule has 0 aliphatic heterocycles. The largest absolute Gasteiger partial charge is 0.322 e. The highest BCUT2D eigenvalue weighted by Crippen LogP contribution is 2.36. The molecule has 0 saturated heterocycles. The maximum absolute atomic E-state index is 12.0. The highest BCUT2D eigenvalue weighted by molar-refractivity contribution is 5.89. The second kappa shape index (κ2) is 5.50. The summed E-state index contributed by atoms with van der Waals surface area (Å²) in [5, 5.41) is 0. The first-order chi connectivity index (χ1) is 6.40. The number of carbonyl (C=O) groups excluding carboxylic acids is 1. The van der Waals surface area contributed by atoms with Gasteiger partial charge in [-0.05, 0) is 19.3 Å². The van der Waals surface area contributed by atoms with Crippen molar-refractivity contribution in [3.05, 3.63) is 0 Å². The molecule has 3 atom stereocenters. The number of hydrogen-bond donors (Lipinski definition) is 1. The molecule has 0 fully saturated rings. The van der Waals surface area contributed by atoms with E-state index in [1.807, 2.05) is 0 Å². The summed E-state index contributed by atoms with van der Waals surface area (Å²) in [4.78, 5) is 12.0. The lowest BCUT2D eigenvalue weighted by Crippen LogP contribution is -2.43. The number of rotatable bonds is 6. The van der Waals surface area contributed by atoms with Crippen LogP contribution in [0.25, 0.3) is 0 Å². The van der Waals surface area contributed by atoms with Crippen molar-refractivity contribution in [3.63, 3.8) is 0 Å². The number of carbonyl (C=O) groups is 1. The van der Waals surface area contributed by atoms with Gasteiger partial charge in [0.15, 0.2) is 5.78 Å². The molecule has 84 valence electrons. The first-order valence-electron chi connectivity index (χ1n) is 5.70. The summed E-state index contributed by atoms with van der Waals surface area (Å²) >= 11 is 0. The first kappa shape index (κ1) is 13.6. The summed E-state index contributed by atoms with van der Waals surface area (Å²) < 4.78 is 0. The van der Waals surface area contributed by atoms with Gasteiger partial charge in [-0.1, -0.05) is 40.5 Å². The van der Waals surface area contributed by atoms with Crippen molar-refractivity contribution in [1.29, 1.82) is 0 Å². The van der Waals surface area contributed by atoms with Crippen molar-refractivity contribution in [2.45, 2.75) is 59.9 Å². The van der Waals surface area contributed by atoms with Crippen LogP contribution in [-0.2, 0) is 4.79 Å². The predicted molar refractivity (Wildman–Crippen MR) is 61.1 cm³/mol. The molecule has 2 nitrogen and oxygen atoms in total. The van der Waals surface area contributed by atoms with E-state index in [-0.39, 0.29) is 17.2 Å². The molecule has 0 aromatic rings. The summed E-state index contributed by atoms with van der Waals surface area (Å²) in [6, 6.07) is -0.333. The summed E-state index contributed by atoms with van der Waals surface area (Å²) in [6.07, 6.45) is 3.02. The Balaban J connectivity index is 4.79. The lowest BCUT2D eigenvalue weighted by atomic mass is 9.69. The van der Waals surface area contributed by atoms with Crippen LogP contribution in [0.2, 0.25) is 0 Å². The zero-order chi connectivity index (χ0) is 11.4. The molecular formula is C12H25NO. The summed E-state index contributed by atoms with van der Waals surface area (Å²) in [5.74, 6) is 0.634. The van der Waals surface area contributed by atoms with Crippen molar-refractivity contribution in [2.24, 2.45) is 17.1 Å². The molecule has 0 saturated carbocycles. The number of ketones is 1. The van der Waals surface area contributed by atoms with Crippen molar-refractivity contribution in [3.8, 4) is 0 Å². The molecule has 2 heteroatoms. The number of Topliss-reactive ketones (excluding diaryl/α,β-unsaturated/α-hetero) is 1. The minimum absolute atomic E-state index is 0.216. The van der Waals surface area contributed by atoms with E-state index in [4.69, 9.17) is 5.73 Å². The van der Waals surface area contributed by atoms with E-state index >= 15 is 0 Å². The van der Waals surface area contributed by atoms with E-state index in [1.165, 1.54) is 0 Å². The van der Waals surface area contributed by atoms with Gasteiger partial charge in [0.05, 0.1) is 6.04 Å². The molecule has 0 heterocycles. The predicted octanol–water partition coefficient (Wildman–Crippen LogP) is 2.76. The minimum atomic E-state index is -0.333. The maximum atomic E-state index is 12.0. The zero-order valence-electron chi connectivity index (χ0n) is 10.3. The monoisotopic (exact) mass is 199 g/mol. The number of hydrogen-bond acceptors (Lipinski definition) is 2. The molecule has 0 rings (SSSR count). The third-order valence-electron chi connectivity index (χ3n) is 3.45. The van der Waals surface area contributed by atoms with E-state index in [0.29, 0.717) is 5.92 Å². The Morgan fingerprint density at radius 2 is 1.86 bits per heavy atom. The van der Waals surface area contributed by atoms with Gasteiger partial charge in [0, 0.05) is 5.41 Å². The van der Waals surface area contributed by atoms with Gasteiger partial charge in [-0.2, -0.15) is 0 Å². The van der Waals surface area contributed by atoms with Gasteiger partial charge in [-0.3, -0.25) is 4.79 Å². The fraction of sp³-hybridized carbons (Fsp3) is 0.917. The second-order valence-electron chi connectivity index (χ2n) is 4.63. The van der Waals surface area contributed by atoms with E-state index in [2.05, 4.69) is 27.7 Å². The lowest BCUT2D eigenvalue weighted by molar-refractivity contribution is -0.132. The van der Waals surface area contributed by atoms with Crippen molar-refractivity contribution in [2.75, 3.05) is 0 Å². The Morgan fingerprint density at radius 3 is 2.14 bits per heavy atom. The summed E-state index contributed by atoms with van der Waals surface area (Å²) in [7, 11) is 0.